The Morgan fingerprint density at radius 2 is 1.89 bits per heavy atom. The fraction of sp³-hybridized carbons (Fsp3) is 0.333. The van der Waals surface area contributed by atoms with E-state index in [1.54, 1.807) is 0 Å². The molecule has 1 heterocycles. The molecule has 7 heteroatoms. The molecule has 1 atom stereocenters. The van der Waals surface area contributed by atoms with Crippen LogP contribution < -0.4 is 0 Å². The second-order valence-electron chi connectivity index (χ2n) is 6.60. The highest BCUT2D eigenvalue weighted by atomic mass is 35.5. The van der Waals surface area contributed by atoms with E-state index in [2.05, 4.69) is 10.1 Å². The number of piperidine rings is 1. The molecule has 3 rings (SSSR count). The van der Waals surface area contributed by atoms with Crippen molar-refractivity contribution in [2.75, 3.05) is 26.2 Å². The minimum Gasteiger partial charge on any atom is -0.481 e. The van der Waals surface area contributed by atoms with Gasteiger partial charge in [0.25, 0.3) is 0 Å². The number of hydrogen-bond acceptors (Lipinski definition) is 4. The van der Waals surface area contributed by atoms with Crippen molar-refractivity contribution in [1.29, 1.82) is 0 Å². The van der Waals surface area contributed by atoms with Crippen LogP contribution in [-0.2, 0) is 9.63 Å². The maximum absolute atomic E-state index is 11.2. The second-order valence-corrected chi connectivity index (χ2v) is 7.00. The molecular formula is C21H24Cl2N2O3. The lowest BCUT2D eigenvalue weighted by Gasteiger charge is -2.29. The van der Waals surface area contributed by atoms with Gasteiger partial charge in [-0.25, -0.2) is 0 Å². The number of carboxylic acid groups (broad SMARTS) is 1. The third-order valence-electron chi connectivity index (χ3n) is 4.69. The number of hydrogen-bond donors (Lipinski definition) is 1. The molecule has 0 bridgehead atoms. The fourth-order valence-electron chi connectivity index (χ4n) is 3.25. The van der Waals surface area contributed by atoms with Crippen molar-refractivity contribution in [1.82, 2.24) is 4.90 Å². The predicted molar refractivity (Wildman–Crippen MR) is 114 cm³/mol. The minimum atomic E-state index is -0.719. The number of rotatable bonds is 7. The van der Waals surface area contributed by atoms with Gasteiger partial charge in [-0.05, 0) is 25.5 Å². The van der Waals surface area contributed by atoms with Crippen LogP contribution in [0.1, 0.15) is 24.0 Å². The van der Waals surface area contributed by atoms with Gasteiger partial charge in [0, 0.05) is 24.2 Å². The zero-order chi connectivity index (χ0) is 19.1. The zero-order valence-corrected chi connectivity index (χ0v) is 17.0. The van der Waals surface area contributed by atoms with E-state index >= 15 is 0 Å². The third-order valence-corrected chi connectivity index (χ3v) is 5.02. The quantitative estimate of drug-likeness (QED) is 0.409. The van der Waals surface area contributed by atoms with Crippen LogP contribution in [0.2, 0.25) is 5.02 Å². The van der Waals surface area contributed by atoms with Crippen molar-refractivity contribution in [2.24, 2.45) is 11.1 Å². The highest BCUT2D eigenvalue weighted by Gasteiger charge is 2.25. The molecule has 0 aromatic heterocycles. The van der Waals surface area contributed by atoms with Crippen LogP contribution >= 0.6 is 24.0 Å². The number of carboxylic acids is 1. The van der Waals surface area contributed by atoms with Crippen molar-refractivity contribution in [2.45, 2.75) is 12.8 Å². The molecule has 0 saturated carbocycles. The number of benzene rings is 2. The maximum Gasteiger partial charge on any atom is 0.307 e. The predicted octanol–water partition coefficient (Wildman–Crippen LogP) is 4.33. The Kier molecular flexibility index (Phi) is 8.77. The van der Waals surface area contributed by atoms with Crippen LogP contribution in [0.15, 0.2) is 59.8 Å². The van der Waals surface area contributed by atoms with Crippen molar-refractivity contribution >= 4 is 35.7 Å². The standard InChI is InChI=1S/C21H23ClN2O3.ClH/c22-19-11-5-4-10-18(19)20(16-7-2-1-3-8-16)23-27-14-13-24-12-6-9-17(15-24)21(25)26;/h1-5,7-8,10-11,17H,6,9,12-15H2,(H,25,26);1H/b23-20-;. The van der Waals surface area contributed by atoms with Crippen LogP contribution in [-0.4, -0.2) is 47.9 Å². The summed E-state index contributed by atoms with van der Waals surface area (Å²) in [4.78, 5) is 18.9. The Labute approximate surface area is 176 Å². The molecule has 0 aliphatic carbocycles. The monoisotopic (exact) mass is 422 g/mol. The Hall–Kier alpha value is -2.08. The van der Waals surface area contributed by atoms with Gasteiger partial charge in [-0.2, -0.15) is 0 Å². The molecule has 0 radical (unpaired) electrons. The van der Waals surface area contributed by atoms with Gasteiger partial charge in [-0.3, -0.25) is 9.69 Å². The second kappa shape index (κ2) is 11.1. The average Bonchev–Trinajstić information content (AvgIpc) is 2.70. The molecular weight excluding hydrogens is 399 g/mol. The van der Waals surface area contributed by atoms with Gasteiger partial charge in [-0.1, -0.05) is 65.3 Å². The fourth-order valence-corrected chi connectivity index (χ4v) is 3.47. The van der Waals surface area contributed by atoms with Crippen molar-refractivity contribution in [3.8, 4) is 0 Å². The van der Waals surface area contributed by atoms with E-state index in [0.29, 0.717) is 30.4 Å². The highest BCUT2D eigenvalue weighted by molar-refractivity contribution is 6.35. The molecule has 5 nitrogen and oxygen atoms in total. The van der Waals surface area contributed by atoms with E-state index in [9.17, 15) is 9.90 Å². The first-order valence-corrected chi connectivity index (χ1v) is 9.48. The molecule has 0 amide bonds. The highest BCUT2D eigenvalue weighted by Crippen LogP contribution is 2.20. The summed E-state index contributed by atoms with van der Waals surface area (Å²) in [6.07, 6.45) is 1.64. The SMILES string of the molecule is Cl.O=C(O)C1CCCN(CCO/N=C(/c2ccccc2)c2ccccc2Cl)C1. The molecule has 0 spiro atoms. The first kappa shape index (κ1) is 22.2. The summed E-state index contributed by atoms with van der Waals surface area (Å²) in [6.45, 7) is 2.51. The zero-order valence-electron chi connectivity index (χ0n) is 15.5. The first-order valence-electron chi connectivity index (χ1n) is 9.10. The van der Waals surface area contributed by atoms with Crippen LogP contribution in [0.4, 0.5) is 0 Å². The van der Waals surface area contributed by atoms with Gasteiger partial charge >= 0.3 is 5.97 Å². The molecule has 1 aliphatic heterocycles. The van der Waals surface area contributed by atoms with E-state index in [1.807, 2.05) is 54.6 Å². The van der Waals surface area contributed by atoms with Gasteiger partial charge in [0.15, 0.2) is 0 Å². The van der Waals surface area contributed by atoms with Crippen molar-refractivity contribution < 1.29 is 14.7 Å². The maximum atomic E-state index is 11.2. The van der Waals surface area contributed by atoms with Crippen molar-refractivity contribution in [3.05, 3.63) is 70.7 Å². The summed E-state index contributed by atoms with van der Waals surface area (Å²) in [5.41, 5.74) is 2.42. The van der Waals surface area contributed by atoms with Crippen LogP contribution in [0.5, 0.6) is 0 Å². The summed E-state index contributed by atoms with van der Waals surface area (Å²) < 4.78 is 0. The van der Waals surface area contributed by atoms with Gasteiger partial charge in [0.05, 0.1) is 10.9 Å². The van der Waals surface area contributed by atoms with E-state index in [-0.39, 0.29) is 18.3 Å². The summed E-state index contributed by atoms with van der Waals surface area (Å²) in [5, 5.41) is 14.2. The summed E-state index contributed by atoms with van der Waals surface area (Å²) in [6, 6.07) is 17.3. The van der Waals surface area contributed by atoms with Gasteiger partial charge in [-0.15, -0.1) is 12.4 Å². The molecule has 1 unspecified atom stereocenters. The summed E-state index contributed by atoms with van der Waals surface area (Å²) >= 11 is 6.35. The van der Waals surface area contributed by atoms with E-state index in [0.717, 1.165) is 30.5 Å². The van der Waals surface area contributed by atoms with Crippen molar-refractivity contribution in [3.63, 3.8) is 0 Å². The first-order chi connectivity index (χ1) is 13.1. The molecule has 2 aromatic carbocycles. The number of carbonyl (C=O) groups is 1. The smallest absolute Gasteiger partial charge is 0.307 e. The number of nitrogens with zero attached hydrogens (tertiary/aromatic N) is 2. The lowest BCUT2D eigenvalue weighted by molar-refractivity contribution is -0.143. The summed E-state index contributed by atoms with van der Waals surface area (Å²) in [5.74, 6) is -1.01. The van der Waals surface area contributed by atoms with Gasteiger partial charge < -0.3 is 9.94 Å². The lowest BCUT2D eigenvalue weighted by Crippen LogP contribution is -2.40. The topological polar surface area (TPSA) is 62.1 Å². The third kappa shape index (κ3) is 5.96. The molecule has 1 saturated heterocycles. The van der Waals surface area contributed by atoms with E-state index in [4.69, 9.17) is 16.4 Å². The lowest BCUT2D eigenvalue weighted by atomic mass is 9.98. The molecule has 1 N–H and O–H groups in total. The van der Waals surface area contributed by atoms with Crippen LogP contribution in [0, 0.1) is 5.92 Å². The molecule has 1 aliphatic rings. The van der Waals surface area contributed by atoms with Gasteiger partial charge in [0.2, 0.25) is 0 Å². The Bertz CT molecular complexity index is 799. The van der Waals surface area contributed by atoms with E-state index < -0.39 is 5.97 Å². The number of halogens is 2. The summed E-state index contributed by atoms with van der Waals surface area (Å²) in [7, 11) is 0. The average molecular weight is 423 g/mol. The Balaban J connectivity index is 0.00000280. The van der Waals surface area contributed by atoms with E-state index in [1.165, 1.54) is 0 Å². The minimum absolute atomic E-state index is 0. The Morgan fingerprint density at radius 3 is 2.61 bits per heavy atom. The molecule has 28 heavy (non-hydrogen) atoms. The largest absolute Gasteiger partial charge is 0.481 e. The molecule has 2 aromatic rings. The normalized spacial score (nSPS) is 17.6. The molecule has 150 valence electrons. The number of aliphatic carboxylic acids is 1. The van der Waals surface area contributed by atoms with Crippen LogP contribution in [0.25, 0.3) is 0 Å². The van der Waals surface area contributed by atoms with Gasteiger partial charge in [0.1, 0.15) is 12.3 Å². The number of oxime groups is 1. The number of likely N-dealkylation sites (tertiary alicyclic amines) is 1. The van der Waals surface area contributed by atoms with Crippen LogP contribution in [0.3, 0.4) is 0 Å². The Morgan fingerprint density at radius 1 is 1.18 bits per heavy atom. The molecule has 1 fully saturated rings.